The predicted octanol–water partition coefficient (Wildman–Crippen LogP) is 3.50. The molecule has 3 nitrogen and oxygen atoms in total. The highest BCUT2D eigenvalue weighted by atomic mass is 32.1. The van der Waals surface area contributed by atoms with Crippen LogP contribution in [0, 0.1) is 0 Å². The number of thiazole rings is 1. The molecule has 0 fully saturated rings. The number of hydrogen-bond acceptors (Lipinski definition) is 4. The number of nitrogens with two attached hydrogens (primary N) is 1. The van der Waals surface area contributed by atoms with Gasteiger partial charge < -0.3 is 11.1 Å². The molecule has 18 heavy (non-hydrogen) atoms. The number of nitrogens with one attached hydrogen (secondary N) is 1. The first-order valence-electron chi connectivity index (χ1n) is 5.77. The van der Waals surface area contributed by atoms with Crippen LogP contribution in [0.3, 0.4) is 0 Å². The third-order valence-electron chi connectivity index (χ3n) is 2.73. The van der Waals surface area contributed by atoms with Crippen LogP contribution < -0.4 is 11.1 Å². The highest BCUT2D eigenvalue weighted by Gasteiger charge is 2.02. The zero-order valence-corrected chi connectivity index (χ0v) is 10.6. The Morgan fingerprint density at radius 3 is 2.56 bits per heavy atom. The summed E-state index contributed by atoms with van der Waals surface area (Å²) in [5.41, 5.74) is 8.77. The van der Waals surface area contributed by atoms with Crippen LogP contribution in [0.25, 0.3) is 10.2 Å². The molecule has 0 saturated heterocycles. The van der Waals surface area contributed by atoms with Crippen molar-refractivity contribution in [3.05, 3.63) is 54.1 Å². The van der Waals surface area contributed by atoms with Gasteiger partial charge in [-0.1, -0.05) is 35.6 Å². The maximum atomic E-state index is 5.57. The lowest BCUT2D eigenvalue weighted by atomic mass is 10.2. The molecule has 2 aromatic carbocycles. The molecule has 0 saturated carbocycles. The number of fused-ring (bicyclic) bond motifs is 1. The minimum atomic E-state index is 0.571. The second-order valence-corrected chi connectivity index (χ2v) is 5.04. The van der Waals surface area contributed by atoms with Crippen molar-refractivity contribution in [2.45, 2.75) is 6.54 Å². The molecule has 0 amide bonds. The van der Waals surface area contributed by atoms with E-state index in [1.807, 2.05) is 42.5 Å². The summed E-state index contributed by atoms with van der Waals surface area (Å²) >= 11 is 1.66. The lowest BCUT2D eigenvalue weighted by Crippen LogP contribution is -1.96. The summed E-state index contributed by atoms with van der Waals surface area (Å²) in [5.74, 6) is 0. The van der Waals surface area contributed by atoms with E-state index in [-0.39, 0.29) is 0 Å². The summed E-state index contributed by atoms with van der Waals surface area (Å²) in [4.78, 5) is 4.53. The van der Waals surface area contributed by atoms with E-state index in [1.165, 1.54) is 4.70 Å². The van der Waals surface area contributed by atoms with Crippen LogP contribution in [-0.4, -0.2) is 4.98 Å². The minimum absolute atomic E-state index is 0.571. The zero-order chi connectivity index (χ0) is 12.4. The first kappa shape index (κ1) is 11.2. The smallest absolute Gasteiger partial charge is 0.188 e. The molecule has 0 radical (unpaired) electrons. The molecule has 0 aliphatic heterocycles. The van der Waals surface area contributed by atoms with Gasteiger partial charge in [-0.2, -0.15) is 0 Å². The van der Waals surface area contributed by atoms with Gasteiger partial charge in [0.15, 0.2) is 5.13 Å². The fraction of sp³-hybridized carbons (Fsp3) is 0.0714. The molecule has 4 heteroatoms. The Hall–Kier alpha value is -1.91. The van der Waals surface area contributed by atoms with Gasteiger partial charge in [0.2, 0.25) is 0 Å². The summed E-state index contributed by atoms with van der Waals surface area (Å²) in [7, 11) is 0. The van der Waals surface area contributed by atoms with E-state index in [9.17, 15) is 0 Å². The van der Waals surface area contributed by atoms with Gasteiger partial charge in [0.1, 0.15) is 0 Å². The third kappa shape index (κ3) is 2.20. The number of nitrogens with zero attached hydrogens (tertiary/aromatic N) is 1. The van der Waals surface area contributed by atoms with E-state index in [4.69, 9.17) is 5.73 Å². The van der Waals surface area contributed by atoms with Crippen LogP contribution in [0.2, 0.25) is 0 Å². The molecule has 0 unspecified atom stereocenters. The van der Waals surface area contributed by atoms with E-state index in [1.54, 1.807) is 11.3 Å². The molecular formula is C14H13N3S. The fourth-order valence-corrected chi connectivity index (χ4v) is 2.66. The normalized spacial score (nSPS) is 10.7. The molecule has 90 valence electrons. The predicted molar refractivity (Wildman–Crippen MR) is 77.2 cm³/mol. The summed E-state index contributed by atoms with van der Waals surface area (Å²) in [5, 5.41) is 4.22. The minimum Gasteiger partial charge on any atom is -0.332 e. The zero-order valence-electron chi connectivity index (χ0n) is 9.76. The van der Waals surface area contributed by atoms with Crippen molar-refractivity contribution >= 4 is 32.4 Å². The number of para-hydroxylation sites is 1. The van der Waals surface area contributed by atoms with Crippen molar-refractivity contribution in [1.29, 1.82) is 0 Å². The Bertz CT molecular complexity index is 625. The molecule has 3 N–H and O–H groups in total. The van der Waals surface area contributed by atoms with Crippen molar-refractivity contribution in [2.24, 2.45) is 5.73 Å². The molecule has 1 heterocycles. The quantitative estimate of drug-likeness (QED) is 0.753. The topological polar surface area (TPSA) is 50.9 Å². The number of hydrogen-bond donors (Lipinski definition) is 2. The van der Waals surface area contributed by atoms with Crippen molar-refractivity contribution in [2.75, 3.05) is 5.32 Å². The highest BCUT2D eigenvalue weighted by molar-refractivity contribution is 7.22. The van der Waals surface area contributed by atoms with Gasteiger partial charge in [-0.15, -0.1) is 0 Å². The Balaban J connectivity index is 1.86. The molecule has 1 aromatic heterocycles. The first-order valence-corrected chi connectivity index (χ1v) is 6.58. The number of benzene rings is 2. The summed E-state index contributed by atoms with van der Waals surface area (Å²) < 4.78 is 1.19. The van der Waals surface area contributed by atoms with Crippen molar-refractivity contribution < 1.29 is 0 Å². The van der Waals surface area contributed by atoms with Gasteiger partial charge in [0.25, 0.3) is 0 Å². The van der Waals surface area contributed by atoms with Gasteiger partial charge in [-0.25, -0.2) is 4.98 Å². The van der Waals surface area contributed by atoms with Crippen LogP contribution in [0.15, 0.2) is 48.5 Å². The molecule has 0 bridgehead atoms. The SMILES string of the molecule is NCc1ccc(Nc2nc3ccccc3s2)cc1. The van der Waals surface area contributed by atoms with Crippen LogP contribution in [0.1, 0.15) is 5.56 Å². The summed E-state index contributed by atoms with van der Waals surface area (Å²) in [6, 6.07) is 16.2. The first-order chi connectivity index (χ1) is 8.85. The van der Waals surface area contributed by atoms with Gasteiger partial charge in [-0.3, -0.25) is 0 Å². The lowest BCUT2D eigenvalue weighted by Gasteiger charge is -2.03. The Kier molecular flexibility index (Phi) is 2.96. The van der Waals surface area contributed by atoms with Crippen molar-refractivity contribution in [1.82, 2.24) is 4.98 Å². The van der Waals surface area contributed by atoms with Crippen LogP contribution in [0.5, 0.6) is 0 Å². The molecule has 3 rings (SSSR count). The van der Waals surface area contributed by atoms with E-state index < -0.39 is 0 Å². The highest BCUT2D eigenvalue weighted by Crippen LogP contribution is 2.27. The van der Waals surface area contributed by atoms with Crippen LogP contribution in [0.4, 0.5) is 10.8 Å². The molecular weight excluding hydrogens is 242 g/mol. The number of anilines is 2. The van der Waals surface area contributed by atoms with Gasteiger partial charge in [0, 0.05) is 12.2 Å². The summed E-state index contributed by atoms with van der Waals surface area (Å²) in [6.45, 7) is 0.571. The van der Waals surface area contributed by atoms with Crippen molar-refractivity contribution in [3.63, 3.8) is 0 Å². The van der Waals surface area contributed by atoms with Crippen LogP contribution >= 0.6 is 11.3 Å². The molecule has 0 aliphatic rings. The lowest BCUT2D eigenvalue weighted by molar-refractivity contribution is 1.07. The van der Waals surface area contributed by atoms with Gasteiger partial charge in [0.05, 0.1) is 10.2 Å². The Morgan fingerprint density at radius 2 is 1.83 bits per heavy atom. The van der Waals surface area contributed by atoms with E-state index in [0.717, 1.165) is 21.9 Å². The molecule has 0 atom stereocenters. The maximum absolute atomic E-state index is 5.57. The maximum Gasteiger partial charge on any atom is 0.188 e. The third-order valence-corrected chi connectivity index (χ3v) is 3.69. The standard InChI is InChI=1S/C14H13N3S/c15-9-10-5-7-11(8-6-10)16-14-17-12-3-1-2-4-13(12)18-14/h1-8H,9,15H2,(H,16,17). The van der Waals surface area contributed by atoms with Gasteiger partial charge in [-0.05, 0) is 29.8 Å². The second-order valence-electron chi connectivity index (χ2n) is 4.01. The van der Waals surface area contributed by atoms with Gasteiger partial charge >= 0.3 is 0 Å². The number of rotatable bonds is 3. The largest absolute Gasteiger partial charge is 0.332 e. The van der Waals surface area contributed by atoms with E-state index >= 15 is 0 Å². The van der Waals surface area contributed by atoms with E-state index in [0.29, 0.717) is 6.54 Å². The Morgan fingerprint density at radius 1 is 1.06 bits per heavy atom. The second kappa shape index (κ2) is 4.76. The van der Waals surface area contributed by atoms with Crippen LogP contribution in [-0.2, 0) is 6.54 Å². The van der Waals surface area contributed by atoms with E-state index in [2.05, 4.69) is 16.4 Å². The molecule has 0 spiro atoms. The van der Waals surface area contributed by atoms with Crippen molar-refractivity contribution in [3.8, 4) is 0 Å². The Labute approximate surface area is 109 Å². The average Bonchev–Trinajstić information content (AvgIpc) is 2.82. The molecule has 0 aliphatic carbocycles. The average molecular weight is 255 g/mol. The molecule has 3 aromatic rings. The fourth-order valence-electron chi connectivity index (χ4n) is 1.77. The summed E-state index contributed by atoms with van der Waals surface area (Å²) in [6.07, 6.45) is 0. The monoisotopic (exact) mass is 255 g/mol. The number of aromatic nitrogens is 1.